The Morgan fingerprint density at radius 1 is 1.35 bits per heavy atom. The zero-order chi connectivity index (χ0) is 15.9. The lowest BCUT2D eigenvalue weighted by molar-refractivity contribution is -0.151. The number of carboxylic acid groups (broad SMARTS) is 1. The maximum absolute atomic E-state index is 11.8. The molecule has 1 amide bonds. The normalized spacial score (nSPS) is 26.4. The van der Waals surface area contributed by atoms with E-state index in [2.05, 4.69) is 39.2 Å². The number of amides is 1. The molecule has 0 aromatic carbocycles. The lowest BCUT2D eigenvalue weighted by Crippen LogP contribution is -2.66. The van der Waals surface area contributed by atoms with Crippen LogP contribution in [0.3, 0.4) is 0 Å². The van der Waals surface area contributed by atoms with E-state index in [0.29, 0.717) is 0 Å². The van der Waals surface area contributed by atoms with Crippen LogP contribution in [0.2, 0.25) is 18.1 Å². The van der Waals surface area contributed by atoms with Gasteiger partial charge in [0, 0.05) is 0 Å². The summed E-state index contributed by atoms with van der Waals surface area (Å²) >= 11 is 0. The van der Waals surface area contributed by atoms with Gasteiger partial charge in [0.15, 0.2) is 8.32 Å². The molecule has 0 spiro atoms. The first-order chi connectivity index (χ1) is 8.88. The Labute approximate surface area is 122 Å². The standard InChI is InChI=1S/C14H27NO4Si/c1-8(13(17)18)11-10(12(16)15-11)9(2)19-20(6,7)14(3,4)5/h8-11H,1-7H3,(H,15,16)(H,17,18)/t8?,9-,10-,11-/m1/s1. The molecule has 4 atom stereocenters. The number of carboxylic acids is 1. The first-order valence-electron chi connectivity index (χ1n) is 7.09. The summed E-state index contributed by atoms with van der Waals surface area (Å²) in [5.74, 6) is -1.95. The number of aliphatic carboxylic acids is 1. The Kier molecular flexibility index (Phi) is 4.71. The maximum Gasteiger partial charge on any atom is 0.308 e. The fourth-order valence-corrected chi connectivity index (χ4v) is 3.66. The monoisotopic (exact) mass is 301 g/mol. The summed E-state index contributed by atoms with van der Waals surface area (Å²) in [7, 11) is -1.96. The first kappa shape index (κ1) is 17.2. The molecule has 1 fully saturated rings. The fraction of sp³-hybridized carbons (Fsp3) is 0.857. The molecular weight excluding hydrogens is 274 g/mol. The van der Waals surface area contributed by atoms with Crippen LogP contribution in [0.4, 0.5) is 0 Å². The maximum atomic E-state index is 11.8. The minimum absolute atomic E-state index is 0.0649. The number of hydrogen-bond acceptors (Lipinski definition) is 3. The molecule has 1 unspecified atom stereocenters. The topological polar surface area (TPSA) is 75.6 Å². The number of carbonyl (C=O) groups excluding carboxylic acids is 1. The van der Waals surface area contributed by atoms with Gasteiger partial charge in [-0.1, -0.05) is 20.8 Å². The van der Waals surface area contributed by atoms with Crippen molar-refractivity contribution in [1.82, 2.24) is 5.32 Å². The summed E-state index contributed by atoms with van der Waals surface area (Å²) in [4.78, 5) is 22.8. The van der Waals surface area contributed by atoms with E-state index in [1.165, 1.54) is 0 Å². The van der Waals surface area contributed by atoms with Gasteiger partial charge in [-0.2, -0.15) is 0 Å². The predicted octanol–water partition coefficient (Wildman–Crippen LogP) is 2.23. The van der Waals surface area contributed by atoms with E-state index in [0.717, 1.165) is 0 Å². The summed E-state index contributed by atoms with van der Waals surface area (Å²) in [6.07, 6.45) is -0.253. The van der Waals surface area contributed by atoms with E-state index in [-0.39, 0.29) is 29.0 Å². The lowest BCUT2D eigenvalue weighted by Gasteiger charge is -2.46. The van der Waals surface area contributed by atoms with Crippen LogP contribution < -0.4 is 5.32 Å². The van der Waals surface area contributed by atoms with E-state index in [4.69, 9.17) is 9.53 Å². The van der Waals surface area contributed by atoms with Gasteiger partial charge in [0.25, 0.3) is 0 Å². The van der Waals surface area contributed by atoms with Crippen molar-refractivity contribution in [3.05, 3.63) is 0 Å². The van der Waals surface area contributed by atoms with Crippen molar-refractivity contribution < 1.29 is 19.1 Å². The van der Waals surface area contributed by atoms with Crippen LogP contribution in [0.15, 0.2) is 0 Å². The van der Waals surface area contributed by atoms with Crippen molar-refractivity contribution >= 4 is 20.2 Å². The third kappa shape index (κ3) is 3.23. The van der Waals surface area contributed by atoms with Crippen LogP contribution in [0.5, 0.6) is 0 Å². The molecule has 1 rings (SSSR count). The van der Waals surface area contributed by atoms with Crippen molar-refractivity contribution in [3.63, 3.8) is 0 Å². The van der Waals surface area contributed by atoms with E-state index in [1.54, 1.807) is 6.92 Å². The average Bonchev–Trinajstić information content (AvgIpc) is 2.21. The van der Waals surface area contributed by atoms with Gasteiger partial charge in [-0.3, -0.25) is 9.59 Å². The number of hydrogen-bond donors (Lipinski definition) is 2. The molecule has 1 aliphatic heterocycles. The second-order valence-electron chi connectivity index (χ2n) is 7.27. The highest BCUT2D eigenvalue weighted by Gasteiger charge is 2.50. The first-order valence-corrected chi connectivity index (χ1v) is 10.0. The quantitative estimate of drug-likeness (QED) is 0.603. The van der Waals surface area contributed by atoms with E-state index in [1.807, 2.05) is 6.92 Å². The highest BCUT2D eigenvalue weighted by molar-refractivity contribution is 6.74. The molecule has 0 aromatic rings. The third-order valence-corrected chi connectivity index (χ3v) is 9.29. The van der Waals surface area contributed by atoms with Gasteiger partial charge < -0.3 is 14.8 Å². The number of rotatable bonds is 5. The SMILES string of the molecule is CC(C(=O)O)[C@H]1NC(=O)[C@@H]1[C@@H](C)O[Si](C)(C)C(C)(C)C. The average molecular weight is 301 g/mol. The molecular formula is C14H27NO4Si. The Balaban J connectivity index is 2.78. The minimum atomic E-state index is -1.96. The summed E-state index contributed by atoms with van der Waals surface area (Å²) in [6, 6.07) is -0.334. The van der Waals surface area contributed by atoms with Crippen LogP contribution in [0.25, 0.3) is 0 Å². The Morgan fingerprint density at radius 2 is 1.85 bits per heavy atom. The van der Waals surface area contributed by atoms with Gasteiger partial charge in [0.2, 0.25) is 5.91 Å². The molecule has 1 saturated heterocycles. The molecule has 5 nitrogen and oxygen atoms in total. The van der Waals surface area contributed by atoms with Crippen LogP contribution in [0, 0.1) is 11.8 Å². The van der Waals surface area contributed by atoms with Gasteiger partial charge in [-0.05, 0) is 32.0 Å². The van der Waals surface area contributed by atoms with Crippen LogP contribution in [-0.2, 0) is 14.0 Å². The summed E-state index contributed by atoms with van der Waals surface area (Å²) < 4.78 is 6.22. The van der Waals surface area contributed by atoms with Crippen LogP contribution in [0.1, 0.15) is 34.6 Å². The van der Waals surface area contributed by atoms with Gasteiger partial charge in [-0.25, -0.2) is 0 Å². The molecule has 1 aliphatic rings. The van der Waals surface area contributed by atoms with Crippen molar-refractivity contribution in [2.45, 2.75) is 64.9 Å². The minimum Gasteiger partial charge on any atom is -0.481 e. The second-order valence-corrected chi connectivity index (χ2v) is 12.0. The Hall–Kier alpha value is -0.883. The Bertz CT molecular complexity index is 402. The number of β-lactam (4-membered cyclic amide) rings is 1. The summed E-state index contributed by atoms with van der Waals surface area (Å²) in [6.45, 7) is 14.2. The number of carbonyl (C=O) groups is 2. The molecule has 2 N–H and O–H groups in total. The molecule has 1 heterocycles. The molecule has 6 heteroatoms. The molecule has 0 aliphatic carbocycles. The predicted molar refractivity (Wildman–Crippen MR) is 80.0 cm³/mol. The lowest BCUT2D eigenvalue weighted by atomic mass is 9.79. The molecule has 116 valence electrons. The summed E-state index contributed by atoms with van der Waals surface area (Å²) in [5, 5.41) is 11.8. The summed E-state index contributed by atoms with van der Waals surface area (Å²) in [5.41, 5.74) is 0. The molecule has 0 aromatic heterocycles. The molecule has 0 saturated carbocycles. The van der Waals surface area contributed by atoms with E-state index in [9.17, 15) is 9.59 Å². The van der Waals surface area contributed by atoms with Gasteiger partial charge >= 0.3 is 5.97 Å². The third-order valence-electron chi connectivity index (χ3n) is 4.72. The van der Waals surface area contributed by atoms with Gasteiger partial charge in [0.05, 0.1) is 24.0 Å². The van der Waals surface area contributed by atoms with Gasteiger partial charge in [-0.15, -0.1) is 0 Å². The van der Waals surface area contributed by atoms with E-state index < -0.39 is 20.2 Å². The van der Waals surface area contributed by atoms with Crippen molar-refractivity contribution in [2.75, 3.05) is 0 Å². The van der Waals surface area contributed by atoms with Gasteiger partial charge in [0.1, 0.15) is 0 Å². The zero-order valence-electron chi connectivity index (χ0n) is 13.5. The van der Waals surface area contributed by atoms with E-state index >= 15 is 0 Å². The van der Waals surface area contributed by atoms with Crippen LogP contribution in [-0.4, -0.2) is 37.4 Å². The van der Waals surface area contributed by atoms with Crippen molar-refractivity contribution in [1.29, 1.82) is 0 Å². The smallest absolute Gasteiger partial charge is 0.308 e. The zero-order valence-corrected chi connectivity index (χ0v) is 14.5. The molecule has 0 radical (unpaired) electrons. The number of nitrogens with one attached hydrogen (secondary N) is 1. The van der Waals surface area contributed by atoms with Crippen molar-refractivity contribution in [2.24, 2.45) is 11.8 Å². The fourth-order valence-electron chi connectivity index (χ4n) is 2.23. The second kappa shape index (κ2) is 5.48. The molecule has 20 heavy (non-hydrogen) atoms. The highest BCUT2D eigenvalue weighted by atomic mass is 28.4. The van der Waals surface area contributed by atoms with Crippen molar-refractivity contribution in [3.8, 4) is 0 Å². The highest BCUT2D eigenvalue weighted by Crippen LogP contribution is 2.39. The van der Waals surface area contributed by atoms with Crippen LogP contribution >= 0.6 is 0 Å². The molecule has 0 bridgehead atoms. The largest absolute Gasteiger partial charge is 0.481 e. The Morgan fingerprint density at radius 3 is 2.20 bits per heavy atom.